The number of aryl methyl sites for hydroxylation is 1. The van der Waals surface area contributed by atoms with Crippen molar-refractivity contribution in [1.29, 1.82) is 0 Å². The van der Waals surface area contributed by atoms with E-state index in [2.05, 4.69) is 5.32 Å². The minimum atomic E-state index is -3.95. The Balaban J connectivity index is 1.68. The van der Waals surface area contributed by atoms with E-state index in [0.717, 1.165) is 16.0 Å². The van der Waals surface area contributed by atoms with Crippen molar-refractivity contribution in [1.82, 2.24) is 5.32 Å². The summed E-state index contributed by atoms with van der Waals surface area (Å²) in [5.41, 5.74) is 2.42. The van der Waals surface area contributed by atoms with Crippen molar-refractivity contribution in [3.8, 4) is 0 Å². The van der Waals surface area contributed by atoms with E-state index < -0.39 is 15.8 Å². The molecule has 8 heteroatoms. The first-order valence-corrected chi connectivity index (χ1v) is 11.8. The summed E-state index contributed by atoms with van der Waals surface area (Å²) in [5.74, 6) is -0.455. The third-order valence-electron chi connectivity index (χ3n) is 4.45. The van der Waals surface area contributed by atoms with Gasteiger partial charge in [0.2, 0.25) is 5.78 Å². The van der Waals surface area contributed by atoms with Gasteiger partial charge in [-0.25, -0.2) is 8.42 Å². The van der Waals surface area contributed by atoms with E-state index in [9.17, 15) is 13.2 Å². The second-order valence-corrected chi connectivity index (χ2v) is 10.2. The van der Waals surface area contributed by atoms with Gasteiger partial charge in [-0.05, 0) is 35.4 Å². The zero-order valence-corrected chi connectivity index (χ0v) is 17.5. The summed E-state index contributed by atoms with van der Waals surface area (Å²) in [6.45, 7) is 2.64. The molecule has 0 fully saturated rings. The Morgan fingerprint density at radius 1 is 1.07 bits per heavy atom. The van der Waals surface area contributed by atoms with Gasteiger partial charge in [-0.15, -0.1) is 22.7 Å². The molecule has 0 radical (unpaired) electrons. The third kappa shape index (κ3) is 3.50. The Morgan fingerprint density at radius 2 is 1.86 bits per heavy atom. The average Bonchev–Trinajstić information content (AvgIpc) is 3.35. The molecule has 5 nitrogen and oxygen atoms in total. The largest absolute Gasteiger partial charge is 0.385 e. The lowest BCUT2D eigenvalue weighted by Gasteiger charge is -2.29. The van der Waals surface area contributed by atoms with Gasteiger partial charge in [-0.3, -0.25) is 9.10 Å². The maximum absolute atomic E-state index is 13.3. The molecule has 2 aromatic heterocycles. The molecule has 0 unspecified atom stereocenters. The zero-order chi connectivity index (χ0) is 19.7. The van der Waals surface area contributed by atoms with Crippen LogP contribution in [0.2, 0.25) is 0 Å². The van der Waals surface area contributed by atoms with E-state index in [1.165, 1.54) is 21.8 Å². The van der Waals surface area contributed by atoms with Crippen LogP contribution >= 0.6 is 22.7 Å². The number of nitrogens with zero attached hydrogens (tertiary/aromatic N) is 1. The predicted octanol–water partition coefficient (Wildman–Crippen LogP) is 4.28. The molecule has 1 N–H and O–H groups in total. The number of carbonyl (C=O) groups is 1. The zero-order valence-electron chi connectivity index (χ0n) is 15.1. The van der Waals surface area contributed by atoms with E-state index in [1.54, 1.807) is 22.8 Å². The van der Waals surface area contributed by atoms with E-state index in [-0.39, 0.29) is 11.4 Å². The van der Waals surface area contributed by atoms with Gasteiger partial charge >= 0.3 is 0 Å². The Hall–Kier alpha value is -2.42. The highest BCUT2D eigenvalue weighted by molar-refractivity contribution is 7.97. The molecule has 0 bridgehead atoms. The molecule has 0 aliphatic carbocycles. The van der Waals surface area contributed by atoms with Crippen LogP contribution in [-0.4, -0.2) is 14.2 Å². The van der Waals surface area contributed by atoms with E-state index in [4.69, 9.17) is 0 Å². The molecular weight excluding hydrogens is 412 g/mol. The van der Waals surface area contributed by atoms with Crippen LogP contribution in [0.5, 0.6) is 0 Å². The topological polar surface area (TPSA) is 66.5 Å². The second-order valence-electron chi connectivity index (χ2n) is 6.43. The summed E-state index contributed by atoms with van der Waals surface area (Å²) in [6.07, 6.45) is 1.34. The lowest BCUT2D eigenvalue weighted by molar-refractivity contribution is 0.104. The lowest BCUT2D eigenvalue weighted by atomic mass is 10.1. The molecular formula is C20H18N2O3S3. The monoisotopic (exact) mass is 430 g/mol. The Kier molecular flexibility index (Phi) is 5.09. The summed E-state index contributed by atoms with van der Waals surface area (Å²) in [6, 6.07) is 13.3. The fourth-order valence-corrected chi connectivity index (χ4v) is 6.14. The number of rotatable bonds is 5. The summed E-state index contributed by atoms with van der Waals surface area (Å²) in [5, 5.41) is 6.69. The number of benzene rings is 1. The quantitative estimate of drug-likeness (QED) is 0.614. The first kappa shape index (κ1) is 18.9. The van der Waals surface area contributed by atoms with Crippen LogP contribution in [0.4, 0.5) is 5.69 Å². The highest BCUT2D eigenvalue weighted by Gasteiger charge is 2.41. The van der Waals surface area contributed by atoms with Crippen LogP contribution in [0.25, 0.3) is 0 Å². The first-order chi connectivity index (χ1) is 13.5. The number of Topliss-reactive ketones (excluding diaryl/α,β-unsaturated/α-hetero) is 1. The minimum Gasteiger partial charge on any atom is -0.385 e. The SMILES string of the molecule is Cc1ccc(CN2c3ccsc3C(=O)C(=CNCc3cccs3)S2(=O)=O)cc1. The fraction of sp³-hybridized carbons (Fsp3) is 0.150. The Labute approximate surface area is 172 Å². The molecule has 3 heterocycles. The van der Waals surface area contributed by atoms with Crippen molar-refractivity contribution in [3.63, 3.8) is 0 Å². The Morgan fingerprint density at radius 3 is 2.57 bits per heavy atom. The van der Waals surface area contributed by atoms with Crippen molar-refractivity contribution in [3.05, 3.63) is 85.2 Å². The molecule has 0 atom stereocenters. The normalized spacial score (nSPS) is 17.0. The number of hydrogen-bond donors (Lipinski definition) is 1. The van der Waals surface area contributed by atoms with Crippen molar-refractivity contribution in [2.75, 3.05) is 4.31 Å². The number of thiophene rings is 2. The van der Waals surface area contributed by atoms with Crippen molar-refractivity contribution < 1.29 is 13.2 Å². The molecule has 0 saturated heterocycles. The van der Waals surface area contributed by atoms with Gasteiger partial charge in [0.1, 0.15) is 4.88 Å². The molecule has 28 heavy (non-hydrogen) atoms. The van der Waals surface area contributed by atoms with Gasteiger partial charge in [0.25, 0.3) is 10.0 Å². The summed E-state index contributed by atoms with van der Waals surface area (Å²) >= 11 is 2.83. The van der Waals surface area contributed by atoms with Crippen molar-refractivity contribution in [2.24, 2.45) is 0 Å². The number of nitrogens with one attached hydrogen (secondary N) is 1. The summed E-state index contributed by atoms with van der Waals surface area (Å²) in [4.78, 5) is 14.1. The van der Waals surface area contributed by atoms with E-state index >= 15 is 0 Å². The maximum atomic E-state index is 13.3. The number of ketones is 1. The van der Waals surface area contributed by atoms with Crippen LogP contribution in [0.1, 0.15) is 25.7 Å². The van der Waals surface area contributed by atoms with Crippen LogP contribution in [0, 0.1) is 6.92 Å². The number of fused-ring (bicyclic) bond motifs is 1. The van der Waals surface area contributed by atoms with Crippen LogP contribution in [0.3, 0.4) is 0 Å². The first-order valence-electron chi connectivity index (χ1n) is 8.63. The molecule has 0 saturated carbocycles. The maximum Gasteiger partial charge on any atom is 0.270 e. The smallest absolute Gasteiger partial charge is 0.270 e. The predicted molar refractivity (Wildman–Crippen MR) is 114 cm³/mol. The average molecular weight is 431 g/mol. The second kappa shape index (κ2) is 7.54. The van der Waals surface area contributed by atoms with Gasteiger partial charge in [0.05, 0.1) is 12.2 Å². The summed E-state index contributed by atoms with van der Waals surface area (Å²) < 4.78 is 27.8. The highest BCUT2D eigenvalue weighted by Crippen LogP contribution is 2.39. The lowest BCUT2D eigenvalue weighted by Crippen LogP contribution is -2.38. The third-order valence-corrected chi connectivity index (χ3v) is 7.99. The molecule has 1 aliphatic heterocycles. The van der Waals surface area contributed by atoms with E-state index in [0.29, 0.717) is 17.1 Å². The van der Waals surface area contributed by atoms with Crippen molar-refractivity contribution in [2.45, 2.75) is 20.0 Å². The molecule has 0 amide bonds. The highest BCUT2D eigenvalue weighted by atomic mass is 32.2. The minimum absolute atomic E-state index is 0.182. The molecule has 1 aromatic carbocycles. The molecule has 0 spiro atoms. The number of anilines is 1. The number of hydrogen-bond acceptors (Lipinski definition) is 6. The number of allylic oxidation sites excluding steroid dienone is 1. The van der Waals surface area contributed by atoms with Gasteiger partial charge in [0, 0.05) is 17.6 Å². The van der Waals surface area contributed by atoms with Gasteiger partial charge in [-0.2, -0.15) is 0 Å². The van der Waals surface area contributed by atoms with Crippen LogP contribution < -0.4 is 9.62 Å². The van der Waals surface area contributed by atoms with Gasteiger partial charge in [0.15, 0.2) is 4.91 Å². The van der Waals surface area contributed by atoms with Gasteiger partial charge < -0.3 is 5.32 Å². The van der Waals surface area contributed by atoms with E-state index in [1.807, 2.05) is 48.7 Å². The Bertz CT molecular complexity index is 1130. The van der Waals surface area contributed by atoms with Crippen molar-refractivity contribution >= 4 is 44.2 Å². The number of sulfonamides is 1. The molecule has 1 aliphatic rings. The van der Waals surface area contributed by atoms with Crippen LogP contribution in [-0.2, 0) is 23.1 Å². The fourth-order valence-electron chi connectivity index (χ4n) is 2.97. The van der Waals surface area contributed by atoms with Crippen LogP contribution in [0.15, 0.2) is 64.3 Å². The van der Waals surface area contributed by atoms with Gasteiger partial charge in [-0.1, -0.05) is 35.9 Å². The standard InChI is InChI=1S/C20H18N2O3S3/c1-14-4-6-15(7-5-14)13-22-17-8-10-27-20(17)19(23)18(28(22,24)25)12-21-11-16-3-2-9-26-16/h2-10,12,21H,11,13H2,1H3. The molecule has 4 rings (SSSR count). The summed E-state index contributed by atoms with van der Waals surface area (Å²) in [7, 11) is -3.95. The number of carbonyl (C=O) groups excluding carboxylic acids is 1. The molecule has 3 aromatic rings. The molecule has 144 valence electrons.